The van der Waals surface area contributed by atoms with Gasteiger partial charge in [-0.3, -0.25) is 9.88 Å². The van der Waals surface area contributed by atoms with Gasteiger partial charge >= 0.3 is 0 Å². The number of likely N-dealkylation sites (tertiary alicyclic amines) is 1. The lowest BCUT2D eigenvalue weighted by Gasteiger charge is -2.20. The molecule has 1 saturated heterocycles. The van der Waals surface area contributed by atoms with Crippen LogP contribution in [0.15, 0.2) is 48.8 Å². The predicted molar refractivity (Wildman–Crippen MR) is 86.3 cm³/mol. The van der Waals surface area contributed by atoms with Crippen LogP contribution in [-0.4, -0.2) is 36.7 Å². The monoisotopic (exact) mass is 298 g/mol. The molecule has 1 atom stereocenters. The van der Waals surface area contributed by atoms with Crippen LogP contribution in [0.5, 0.6) is 11.5 Å². The fraction of sp³-hybridized carbons (Fsp3) is 0.389. The minimum atomic E-state index is 0.525. The molecule has 0 N–H and O–H groups in total. The van der Waals surface area contributed by atoms with Gasteiger partial charge in [0.15, 0.2) is 0 Å². The molecule has 1 aliphatic rings. The van der Waals surface area contributed by atoms with E-state index in [4.69, 9.17) is 9.47 Å². The largest absolute Gasteiger partial charge is 0.490 e. The van der Waals surface area contributed by atoms with E-state index < -0.39 is 0 Å². The maximum Gasteiger partial charge on any atom is 0.122 e. The molecule has 0 spiro atoms. The maximum atomic E-state index is 5.72. The van der Waals surface area contributed by atoms with E-state index >= 15 is 0 Å². The Morgan fingerprint density at radius 3 is 2.23 bits per heavy atom. The zero-order valence-electron chi connectivity index (χ0n) is 12.9. The molecule has 0 aliphatic carbocycles. The summed E-state index contributed by atoms with van der Waals surface area (Å²) in [5.41, 5.74) is 1.38. The molecule has 1 aromatic carbocycles. The SMILES string of the molecule is CN1CCCC1c1ccc(OCCOc2ccncc2)cc1. The molecule has 4 heteroatoms. The number of rotatable bonds is 6. The number of nitrogens with zero attached hydrogens (tertiary/aromatic N) is 2. The first-order valence-electron chi connectivity index (χ1n) is 7.79. The van der Waals surface area contributed by atoms with E-state index in [0.29, 0.717) is 19.3 Å². The standard InChI is InChI=1S/C18H22N2O2/c1-20-12-2-3-18(20)15-4-6-16(7-5-15)21-13-14-22-17-8-10-19-11-9-17/h4-11,18H,2-3,12-14H2,1H3. The normalized spacial score (nSPS) is 18.3. The first kappa shape index (κ1) is 14.9. The fourth-order valence-electron chi connectivity index (χ4n) is 2.87. The van der Waals surface area contributed by atoms with Crippen molar-refractivity contribution in [1.29, 1.82) is 0 Å². The summed E-state index contributed by atoms with van der Waals surface area (Å²) in [5.74, 6) is 1.71. The van der Waals surface area contributed by atoms with Gasteiger partial charge in [0.25, 0.3) is 0 Å². The molecule has 1 aromatic heterocycles. The van der Waals surface area contributed by atoms with Crippen LogP contribution in [0.25, 0.3) is 0 Å². The molecule has 0 saturated carbocycles. The predicted octanol–water partition coefficient (Wildman–Crippen LogP) is 3.31. The van der Waals surface area contributed by atoms with Gasteiger partial charge in [0.2, 0.25) is 0 Å². The Bertz CT molecular complexity index is 571. The summed E-state index contributed by atoms with van der Waals surface area (Å²) in [6, 6.07) is 12.7. The molecule has 1 fully saturated rings. The molecule has 0 amide bonds. The van der Waals surface area contributed by atoms with Crippen molar-refractivity contribution in [3.05, 3.63) is 54.4 Å². The Morgan fingerprint density at radius 1 is 1.00 bits per heavy atom. The van der Waals surface area contributed by atoms with E-state index in [2.05, 4.69) is 29.1 Å². The summed E-state index contributed by atoms with van der Waals surface area (Å²) < 4.78 is 11.3. The smallest absolute Gasteiger partial charge is 0.122 e. The van der Waals surface area contributed by atoms with Gasteiger partial charge < -0.3 is 9.47 Å². The van der Waals surface area contributed by atoms with Crippen LogP contribution in [0, 0.1) is 0 Å². The van der Waals surface area contributed by atoms with E-state index in [1.54, 1.807) is 12.4 Å². The van der Waals surface area contributed by atoms with Crippen molar-refractivity contribution < 1.29 is 9.47 Å². The number of benzene rings is 1. The third kappa shape index (κ3) is 3.77. The highest BCUT2D eigenvalue weighted by molar-refractivity contribution is 5.29. The number of aromatic nitrogens is 1. The van der Waals surface area contributed by atoms with E-state index in [9.17, 15) is 0 Å². The van der Waals surface area contributed by atoms with Gasteiger partial charge in [0.05, 0.1) is 0 Å². The van der Waals surface area contributed by atoms with Crippen LogP contribution >= 0.6 is 0 Å². The van der Waals surface area contributed by atoms with Gasteiger partial charge in [0.1, 0.15) is 24.7 Å². The minimum Gasteiger partial charge on any atom is -0.490 e. The van der Waals surface area contributed by atoms with Crippen molar-refractivity contribution in [1.82, 2.24) is 9.88 Å². The first-order valence-corrected chi connectivity index (χ1v) is 7.79. The number of pyridine rings is 1. The van der Waals surface area contributed by atoms with Gasteiger partial charge in [0, 0.05) is 18.4 Å². The second-order valence-corrected chi connectivity index (χ2v) is 5.59. The van der Waals surface area contributed by atoms with Crippen LogP contribution in [0.2, 0.25) is 0 Å². The number of ether oxygens (including phenoxy) is 2. The Morgan fingerprint density at radius 2 is 1.64 bits per heavy atom. The molecule has 0 radical (unpaired) electrons. The summed E-state index contributed by atoms with van der Waals surface area (Å²) in [7, 11) is 2.19. The Labute approximate surface area is 131 Å². The molecule has 1 aliphatic heterocycles. The molecular weight excluding hydrogens is 276 g/mol. The molecule has 3 rings (SSSR count). The van der Waals surface area contributed by atoms with Gasteiger partial charge in [-0.1, -0.05) is 12.1 Å². The van der Waals surface area contributed by atoms with Gasteiger partial charge in [-0.05, 0) is 56.3 Å². The molecule has 2 aromatic rings. The summed E-state index contributed by atoms with van der Waals surface area (Å²) in [5, 5.41) is 0. The summed E-state index contributed by atoms with van der Waals surface area (Å²) >= 11 is 0. The fourth-order valence-corrected chi connectivity index (χ4v) is 2.87. The van der Waals surface area contributed by atoms with Crippen molar-refractivity contribution >= 4 is 0 Å². The van der Waals surface area contributed by atoms with Gasteiger partial charge in [-0.25, -0.2) is 0 Å². The minimum absolute atomic E-state index is 0.525. The van der Waals surface area contributed by atoms with Crippen LogP contribution in [0.4, 0.5) is 0 Å². The molecule has 116 valence electrons. The van der Waals surface area contributed by atoms with Crippen molar-refractivity contribution in [2.75, 3.05) is 26.8 Å². The summed E-state index contributed by atoms with van der Waals surface area (Å²) in [6.45, 7) is 2.25. The summed E-state index contributed by atoms with van der Waals surface area (Å²) in [6.07, 6.45) is 5.96. The Kier molecular flexibility index (Phi) is 4.91. The zero-order chi connectivity index (χ0) is 15.2. The highest BCUT2D eigenvalue weighted by Gasteiger charge is 2.22. The van der Waals surface area contributed by atoms with Gasteiger partial charge in [-0.2, -0.15) is 0 Å². The first-order chi connectivity index (χ1) is 10.8. The summed E-state index contributed by atoms with van der Waals surface area (Å²) in [4.78, 5) is 6.37. The van der Waals surface area contributed by atoms with E-state index in [-0.39, 0.29) is 0 Å². The lowest BCUT2D eigenvalue weighted by molar-refractivity contribution is 0.217. The van der Waals surface area contributed by atoms with Crippen LogP contribution in [-0.2, 0) is 0 Å². The molecule has 0 bridgehead atoms. The van der Waals surface area contributed by atoms with Crippen molar-refractivity contribution in [3.63, 3.8) is 0 Å². The van der Waals surface area contributed by atoms with Crippen LogP contribution < -0.4 is 9.47 Å². The van der Waals surface area contributed by atoms with Crippen LogP contribution in [0.1, 0.15) is 24.4 Å². The van der Waals surface area contributed by atoms with E-state index in [0.717, 1.165) is 11.5 Å². The third-order valence-electron chi connectivity index (χ3n) is 4.06. The topological polar surface area (TPSA) is 34.6 Å². The third-order valence-corrected chi connectivity index (χ3v) is 4.06. The van der Waals surface area contributed by atoms with Crippen molar-refractivity contribution in [2.24, 2.45) is 0 Å². The lowest BCUT2D eigenvalue weighted by atomic mass is 10.0. The average molecular weight is 298 g/mol. The molecule has 22 heavy (non-hydrogen) atoms. The van der Waals surface area contributed by atoms with E-state index in [1.165, 1.54) is 24.9 Å². The van der Waals surface area contributed by atoms with Crippen molar-refractivity contribution in [2.45, 2.75) is 18.9 Å². The molecule has 2 heterocycles. The van der Waals surface area contributed by atoms with E-state index in [1.807, 2.05) is 24.3 Å². The Hall–Kier alpha value is -2.07. The van der Waals surface area contributed by atoms with Gasteiger partial charge in [-0.15, -0.1) is 0 Å². The van der Waals surface area contributed by atoms with Crippen molar-refractivity contribution in [3.8, 4) is 11.5 Å². The molecule has 4 nitrogen and oxygen atoms in total. The molecule has 1 unspecified atom stereocenters. The molecular formula is C18H22N2O2. The number of hydrogen-bond donors (Lipinski definition) is 0. The Balaban J connectivity index is 1.45. The quantitative estimate of drug-likeness (QED) is 0.766. The maximum absolute atomic E-state index is 5.72. The lowest BCUT2D eigenvalue weighted by Crippen LogP contribution is -2.17. The highest BCUT2D eigenvalue weighted by Crippen LogP contribution is 2.31. The van der Waals surface area contributed by atoms with Crippen LogP contribution in [0.3, 0.4) is 0 Å². The average Bonchev–Trinajstić information content (AvgIpc) is 2.99. The second-order valence-electron chi connectivity index (χ2n) is 5.59. The number of hydrogen-bond acceptors (Lipinski definition) is 4. The zero-order valence-corrected chi connectivity index (χ0v) is 12.9. The second kappa shape index (κ2) is 7.27. The highest BCUT2D eigenvalue weighted by atomic mass is 16.5.